The standard InChI is InChI=1S/C9H13NO3/c1-6(10)7(5-9(11)12)8-3-2-4-13-8/h2-4,6-7H,5,10H2,1H3,(H,11,12). The van der Waals surface area contributed by atoms with Crippen LogP contribution < -0.4 is 5.73 Å². The Balaban J connectivity index is 2.74. The van der Waals surface area contributed by atoms with Crippen molar-refractivity contribution in [3.63, 3.8) is 0 Å². The molecule has 1 aromatic heterocycles. The van der Waals surface area contributed by atoms with Crippen LogP contribution in [0.4, 0.5) is 0 Å². The Morgan fingerprint density at radius 3 is 2.85 bits per heavy atom. The van der Waals surface area contributed by atoms with Gasteiger partial charge in [-0.1, -0.05) is 0 Å². The van der Waals surface area contributed by atoms with Gasteiger partial charge in [0.1, 0.15) is 5.76 Å². The van der Waals surface area contributed by atoms with Crippen LogP contribution in [0.5, 0.6) is 0 Å². The van der Waals surface area contributed by atoms with Crippen molar-refractivity contribution >= 4 is 5.97 Å². The fourth-order valence-electron chi connectivity index (χ4n) is 1.24. The van der Waals surface area contributed by atoms with Crippen molar-refractivity contribution in [1.29, 1.82) is 0 Å². The quantitative estimate of drug-likeness (QED) is 0.735. The second-order valence-corrected chi connectivity index (χ2v) is 3.08. The molecule has 2 atom stereocenters. The van der Waals surface area contributed by atoms with Crippen molar-refractivity contribution in [2.45, 2.75) is 25.3 Å². The van der Waals surface area contributed by atoms with Crippen molar-refractivity contribution in [2.75, 3.05) is 0 Å². The molecule has 0 bridgehead atoms. The van der Waals surface area contributed by atoms with Crippen LogP contribution in [0.2, 0.25) is 0 Å². The monoisotopic (exact) mass is 183 g/mol. The average Bonchev–Trinajstić information content (AvgIpc) is 2.50. The molecular formula is C9H13NO3. The smallest absolute Gasteiger partial charge is 0.304 e. The van der Waals surface area contributed by atoms with Crippen molar-refractivity contribution in [3.05, 3.63) is 24.2 Å². The highest BCUT2D eigenvalue weighted by molar-refractivity contribution is 5.68. The van der Waals surface area contributed by atoms with Crippen LogP contribution in [-0.2, 0) is 4.79 Å². The Labute approximate surface area is 76.3 Å². The highest BCUT2D eigenvalue weighted by Crippen LogP contribution is 2.22. The molecule has 0 amide bonds. The van der Waals surface area contributed by atoms with Gasteiger partial charge < -0.3 is 15.3 Å². The van der Waals surface area contributed by atoms with E-state index in [0.29, 0.717) is 5.76 Å². The zero-order valence-electron chi connectivity index (χ0n) is 7.43. The summed E-state index contributed by atoms with van der Waals surface area (Å²) in [4.78, 5) is 10.5. The Morgan fingerprint density at radius 1 is 1.77 bits per heavy atom. The van der Waals surface area contributed by atoms with Crippen LogP contribution in [0.15, 0.2) is 22.8 Å². The van der Waals surface area contributed by atoms with Crippen molar-refractivity contribution in [1.82, 2.24) is 0 Å². The lowest BCUT2D eigenvalue weighted by molar-refractivity contribution is -0.137. The van der Waals surface area contributed by atoms with Gasteiger partial charge in [-0.15, -0.1) is 0 Å². The molecule has 1 heterocycles. The molecule has 4 nitrogen and oxygen atoms in total. The molecule has 0 aliphatic heterocycles. The third-order valence-electron chi connectivity index (χ3n) is 1.94. The first kappa shape index (κ1) is 9.80. The van der Waals surface area contributed by atoms with Gasteiger partial charge >= 0.3 is 5.97 Å². The summed E-state index contributed by atoms with van der Waals surface area (Å²) in [5.74, 6) is -0.469. The van der Waals surface area contributed by atoms with Gasteiger partial charge in [0, 0.05) is 12.0 Å². The van der Waals surface area contributed by atoms with E-state index < -0.39 is 5.97 Å². The van der Waals surface area contributed by atoms with Crippen LogP contribution in [0.25, 0.3) is 0 Å². The number of hydrogen-bond donors (Lipinski definition) is 2. The number of hydrogen-bond acceptors (Lipinski definition) is 3. The second kappa shape index (κ2) is 4.09. The lowest BCUT2D eigenvalue weighted by atomic mass is 9.95. The number of aliphatic carboxylic acids is 1. The molecule has 1 aromatic rings. The summed E-state index contributed by atoms with van der Waals surface area (Å²) < 4.78 is 5.11. The highest BCUT2D eigenvalue weighted by atomic mass is 16.4. The maximum atomic E-state index is 10.5. The van der Waals surface area contributed by atoms with Crippen LogP contribution in [0.3, 0.4) is 0 Å². The molecule has 0 spiro atoms. The van der Waals surface area contributed by atoms with E-state index in [1.54, 1.807) is 19.1 Å². The van der Waals surface area contributed by atoms with Gasteiger partial charge in [-0.3, -0.25) is 4.79 Å². The molecule has 0 aromatic carbocycles. The van der Waals surface area contributed by atoms with Gasteiger partial charge in [0.2, 0.25) is 0 Å². The number of carboxylic acid groups (broad SMARTS) is 1. The minimum absolute atomic E-state index is 0.00514. The van der Waals surface area contributed by atoms with Gasteiger partial charge in [0.25, 0.3) is 0 Å². The number of carboxylic acids is 1. The topological polar surface area (TPSA) is 76.5 Å². The minimum Gasteiger partial charge on any atom is -0.481 e. The molecule has 0 radical (unpaired) electrons. The van der Waals surface area contributed by atoms with Crippen molar-refractivity contribution < 1.29 is 14.3 Å². The Bertz CT molecular complexity index is 266. The van der Waals surface area contributed by atoms with Crippen LogP contribution in [0, 0.1) is 0 Å². The van der Waals surface area contributed by atoms with E-state index in [1.165, 1.54) is 6.26 Å². The van der Waals surface area contributed by atoms with Crippen LogP contribution in [-0.4, -0.2) is 17.1 Å². The third kappa shape index (κ3) is 2.59. The summed E-state index contributed by atoms with van der Waals surface area (Å²) >= 11 is 0. The van der Waals surface area contributed by atoms with Crippen molar-refractivity contribution in [3.8, 4) is 0 Å². The number of furan rings is 1. The lowest BCUT2D eigenvalue weighted by Gasteiger charge is -2.15. The normalized spacial score (nSPS) is 15.2. The third-order valence-corrected chi connectivity index (χ3v) is 1.94. The molecule has 4 heteroatoms. The zero-order chi connectivity index (χ0) is 9.84. The molecule has 2 unspecified atom stereocenters. The first-order valence-electron chi connectivity index (χ1n) is 4.12. The van der Waals surface area contributed by atoms with E-state index in [1.807, 2.05) is 0 Å². The zero-order valence-corrected chi connectivity index (χ0v) is 7.43. The van der Waals surface area contributed by atoms with Gasteiger partial charge in [-0.25, -0.2) is 0 Å². The number of carbonyl (C=O) groups is 1. The molecular weight excluding hydrogens is 170 g/mol. The SMILES string of the molecule is CC(N)C(CC(=O)O)c1ccco1. The number of nitrogens with two attached hydrogens (primary N) is 1. The van der Waals surface area contributed by atoms with E-state index in [9.17, 15) is 4.79 Å². The molecule has 13 heavy (non-hydrogen) atoms. The summed E-state index contributed by atoms with van der Waals surface area (Å²) in [5.41, 5.74) is 5.65. The van der Waals surface area contributed by atoms with Gasteiger partial charge in [-0.05, 0) is 19.1 Å². The van der Waals surface area contributed by atoms with E-state index in [4.69, 9.17) is 15.3 Å². The van der Waals surface area contributed by atoms with E-state index >= 15 is 0 Å². The van der Waals surface area contributed by atoms with Crippen LogP contribution in [0.1, 0.15) is 25.0 Å². The first-order chi connectivity index (χ1) is 6.11. The Hall–Kier alpha value is -1.29. The molecule has 3 N–H and O–H groups in total. The van der Waals surface area contributed by atoms with E-state index in [-0.39, 0.29) is 18.4 Å². The summed E-state index contributed by atoms with van der Waals surface area (Å²) in [6.45, 7) is 1.77. The predicted octanol–water partition coefficient (Wildman–Crippen LogP) is 1.19. The first-order valence-corrected chi connectivity index (χ1v) is 4.12. The highest BCUT2D eigenvalue weighted by Gasteiger charge is 2.21. The summed E-state index contributed by atoms with van der Waals surface area (Å²) in [7, 11) is 0. The predicted molar refractivity (Wildman–Crippen MR) is 47.4 cm³/mol. The minimum atomic E-state index is -0.862. The van der Waals surface area contributed by atoms with Crippen LogP contribution >= 0.6 is 0 Å². The number of rotatable bonds is 4. The summed E-state index contributed by atoms with van der Waals surface area (Å²) in [6, 6.07) is 3.26. The van der Waals surface area contributed by atoms with Gasteiger partial charge in [0.05, 0.1) is 12.7 Å². The fourth-order valence-corrected chi connectivity index (χ4v) is 1.24. The Morgan fingerprint density at radius 2 is 2.46 bits per heavy atom. The van der Waals surface area contributed by atoms with Gasteiger partial charge in [0.15, 0.2) is 0 Å². The molecule has 0 aliphatic carbocycles. The lowest BCUT2D eigenvalue weighted by Crippen LogP contribution is -2.26. The molecule has 0 saturated heterocycles. The fraction of sp³-hybridized carbons (Fsp3) is 0.444. The van der Waals surface area contributed by atoms with E-state index in [0.717, 1.165) is 0 Å². The Kier molecular flexibility index (Phi) is 3.08. The molecule has 0 aliphatic rings. The summed E-state index contributed by atoms with van der Waals surface area (Å²) in [6.07, 6.45) is 1.53. The summed E-state index contributed by atoms with van der Waals surface area (Å²) in [5, 5.41) is 8.63. The van der Waals surface area contributed by atoms with Gasteiger partial charge in [-0.2, -0.15) is 0 Å². The second-order valence-electron chi connectivity index (χ2n) is 3.08. The molecule has 72 valence electrons. The van der Waals surface area contributed by atoms with E-state index in [2.05, 4.69) is 0 Å². The maximum absolute atomic E-state index is 10.5. The molecule has 1 rings (SSSR count). The maximum Gasteiger partial charge on any atom is 0.304 e. The largest absolute Gasteiger partial charge is 0.481 e. The molecule has 0 fully saturated rings. The van der Waals surface area contributed by atoms with Crippen molar-refractivity contribution in [2.24, 2.45) is 5.73 Å². The average molecular weight is 183 g/mol. The molecule has 0 saturated carbocycles.